The lowest BCUT2D eigenvalue weighted by Crippen LogP contribution is -1.94. The fourth-order valence-electron chi connectivity index (χ4n) is 4.31. The Morgan fingerprint density at radius 3 is 2.16 bits per heavy atom. The lowest BCUT2D eigenvalue weighted by Gasteiger charge is -2.11. The fraction of sp³-hybridized carbons (Fsp3) is 0.250. The molecule has 0 N–H and O–H groups in total. The second kappa shape index (κ2) is 9.44. The molecule has 0 aromatic heterocycles. The normalized spacial score (nSPS) is 11.2. The van der Waals surface area contributed by atoms with Gasteiger partial charge in [-0.2, -0.15) is 5.26 Å². The average molecular weight is 432 g/mol. The molecule has 0 aliphatic heterocycles. The number of hydrogen-bond acceptors (Lipinski definition) is 1. The molecular formula is C28H24F3N. The summed E-state index contributed by atoms with van der Waals surface area (Å²) in [4.78, 5) is 0. The first-order valence-electron chi connectivity index (χ1n) is 11.1. The van der Waals surface area contributed by atoms with Crippen LogP contribution in [0.1, 0.15) is 50.2 Å². The Morgan fingerprint density at radius 1 is 0.750 bits per heavy atom. The number of halogens is 3. The average Bonchev–Trinajstić information content (AvgIpc) is 2.78. The molecule has 0 aliphatic rings. The summed E-state index contributed by atoms with van der Waals surface area (Å²) < 4.78 is 43.5. The Morgan fingerprint density at radius 2 is 1.44 bits per heavy atom. The molecule has 0 fully saturated rings. The number of nitriles is 1. The molecule has 162 valence electrons. The van der Waals surface area contributed by atoms with E-state index in [2.05, 4.69) is 19.1 Å². The largest absolute Gasteiger partial charge is 0.206 e. The van der Waals surface area contributed by atoms with Crippen LogP contribution >= 0.6 is 0 Å². The molecule has 0 aliphatic carbocycles. The number of benzene rings is 4. The van der Waals surface area contributed by atoms with Crippen molar-refractivity contribution in [2.24, 2.45) is 0 Å². The molecule has 0 bridgehead atoms. The predicted octanol–water partition coefficient (Wildman–Crippen LogP) is 8.46. The van der Waals surface area contributed by atoms with E-state index in [1.807, 2.05) is 12.1 Å². The summed E-state index contributed by atoms with van der Waals surface area (Å²) in [6.07, 6.45) is 7.20. The highest BCUT2D eigenvalue weighted by Gasteiger charge is 2.16. The first kappa shape index (κ1) is 21.9. The Balaban J connectivity index is 1.69. The van der Waals surface area contributed by atoms with Crippen molar-refractivity contribution in [3.63, 3.8) is 0 Å². The molecule has 4 aromatic carbocycles. The summed E-state index contributed by atoms with van der Waals surface area (Å²) in [5.41, 5.74) is 0.774. The Hall–Kier alpha value is -3.32. The minimum absolute atomic E-state index is 0.0666. The molecule has 1 nitrogen and oxygen atoms in total. The van der Waals surface area contributed by atoms with Gasteiger partial charge in [0.05, 0.1) is 0 Å². The van der Waals surface area contributed by atoms with Crippen molar-refractivity contribution in [1.29, 1.82) is 5.26 Å². The van der Waals surface area contributed by atoms with Crippen LogP contribution in [-0.4, -0.2) is 0 Å². The van der Waals surface area contributed by atoms with Crippen LogP contribution in [0.3, 0.4) is 0 Å². The van der Waals surface area contributed by atoms with Gasteiger partial charge in [-0.3, -0.25) is 0 Å². The summed E-state index contributed by atoms with van der Waals surface area (Å²) in [6.45, 7) is 2.21. The summed E-state index contributed by atoms with van der Waals surface area (Å²) in [6, 6.07) is 16.7. The molecular weight excluding hydrogens is 407 g/mol. The maximum Gasteiger partial charge on any atom is 0.144 e. The highest BCUT2D eigenvalue weighted by atomic mass is 19.1. The topological polar surface area (TPSA) is 23.8 Å². The van der Waals surface area contributed by atoms with Gasteiger partial charge < -0.3 is 0 Å². The van der Waals surface area contributed by atoms with Gasteiger partial charge in [0.15, 0.2) is 0 Å². The number of unbranched alkanes of at least 4 members (excludes halogenated alkanes) is 4. The Bertz CT molecular complexity index is 1310. The molecule has 4 aromatic rings. The molecule has 32 heavy (non-hydrogen) atoms. The van der Waals surface area contributed by atoms with Gasteiger partial charge in [-0.05, 0) is 52.3 Å². The molecule has 0 heterocycles. The van der Waals surface area contributed by atoms with E-state index in [0.717, 1.165) is 41.1 Å². The zero-order valence-electron chi connectivity index (χ0n) is 18.0. The van der Waals surface area contributed by atoms with Gasteiger partial charge in [-0.1, -0.05) is 75.1 Å². The maximum atomic E-state index is 15.4. The van der Waals surface area contributed by atoms with E-state index in [1.54, 1.807) is 18.2 Å². The first-order chi connectivity index (χ1) is 15.5. The molecule has 0 saturated carbocycles. The van der Waals surface area contributed by atoms with Gasteiger partial charge in [0.25, 0.3) is 0 Å². The van der Waals surface area contributed by atoms with Crippen LogP contribution in [0.4, 0.5) is 13.2 Å². The Kier molecular flexibility index (Phi) is 6.46. The van der Waals surface area contributed by atoms with Crippen LogP contribution in [0.25, 0.3) is 32.7 Å². The summed E-state index contributed by atoms with van der Waals surface area (Å²) >= 11 is 0. The second-order valence-corrected chi connectivity index (χ2v) is 8.23. The van der Waals surface area contributed by atoms with Crippen LogP contribution in [0.15, 0.2) is 54.6 Å². The number of hydrogen-bond donors (Lipinski definition) is 0. The molecule has 0 amide bonds. The monoisotopic (exact) mass is 431 g/mol. The summed E-state index contributed by atoms with van der Waals surface area (Å²) in [5, 5.41) is 12.0. The molecule has 0 radical (unpaired) electrons. The number of aryl methyl sites for hydroxylation is 1. The predicted molar refractivity (Wildman–Crippen MR) is 124 cm³/mol. The van der Waals surface area contributed by atoms with Crippen molar-refractivity contribution in [3.8, 4) is 17.2 Å². The highest BCUT2D eigenvalue weighted by molar-refractivity contribution is 6.08. The molecule has 0 unspecified atom stereocenters. The standard InChI is InChI=1S/C28H24F3N/c1-2-3-4-5-6-7-18-8-10-21-19(14-18)9-11-24-23(21)13-12-22(28(24)31)20-15-26(29)25(17-32)27(30)16-20/h8-16H,2-7H2,1H3. The van der Waals surface area contributed by atoms with Gasteiger partial charge in [-0.15, -0.1) is 0 Å². The van der Waals surface area contributed by atoms with Gasteiger partial charge in [0.1, 0.15) is 29.1 Å². The van der Waals surface area contributed by atoms with Crippen LogP contribution in [0.5, 0.6) is 0 Å². The fourth-order valence-corrected chi connectivity index (χ4v) is 4.31. The van der Waals surface area contributed by atoms with Crippen LogP contribution in [0, 0.1) is 28.8 Å². The number of nitrogens with zero attached hydrogens (tertiary/aromatic N) is 1. The Labute approximate surface area is 186 Å². The van der Waals surface area contributed by atoms with Crippen molar-refractivity contribution >= 4 is 21.5 Å². The van der Waals surface area contributed by atoms with Crippen molar-refractivity contribution in [1.82, 2.24) is 0 Å². The molecule has 0 saturated heterocycles. The quantitative estimate of drug-likeness (QED) is 0.213. The van der Waals surface area contributed by atoms with E-state index >= 15 is 4.39 Å². The third-order valence-electron chi connectivity index (χ3n) is 6.05. The first-order valence-corrected chi connectivity index (χ1v) is 11.1. The minimum atomic E-state index is -0.997. The van der Waals surface area contributed by atoms with E-state index in [1.165, 1.54) is 37.3 Å². The summed E-state index contributed by atoms with van der Waals surface area (Å²) in [7, 11) is 0. The van der Waals surface area contributed by atoms with Crippen molar-refractivity contribution in [2.45, 2.75) is 45.4 Å². The lowest BCUT2D eigenvalue weighted by atomic mass is 9.94. The van der Waals surface area contributed by atoms with Crippen molar-refractivity contribution in [3.05, 3.63) is 83.2 Å². The van der Waals surface area contributed by atoms with Gasteiger partial charge in [0.2, 0.25) is 0 Å². The molecule has 4 heteroatoms. The molecule has 0 spiro atoms. The van der Waals surface area contributed by atoms with Crippen LogP contribution in [0.2, 0.25) is 0 Å². The van der Waals surface area contributed by atoms with Crippen LogP contribution < -0.4 is 0 Å². The molecule has 4 rings (SSSR count). The molecule has 0 atom stereocenters. The van der Waals surface area contributed by atoms with Gasteiger partial charge in [-0.25, -0.2) is 13.2 Å². The third kappa shape index (κ3) is 4.21. The van der Waals surface area contributed by atoms with Crippen LogP contribution in [-0.2, 0) is 6.42 Å². The van der Waals surface area contributed by atoms with E-state index in [-0.39, 0.29) is 11.1 Å². The number of rotatable bonds is 7. The van der Waals surface area contributed by atoms with E-state index in [9.17, 15) is 8.78 Å². The van der Waals surface area contributed by atoms with Gasteiger partial charge >= 0.3 is 0 Å². The second-order valence-electron chi connectivity index (χ2n) is 8.23. The van der Waals surface area contributed by atoms with E-state index in [0.29, 0.717) is 5.39 Å². The van der Waals surface area contributed by atoms with Gasteiger partial charge in [0, 0.05) is 10.9 Å². The highest BCUT2D eigenvalue weighted by Crippen LogP contribution is 2.34. The zero-order valence-corrected chi connectivity index (χ0v) is 18.0. The van der Waals surface area contributed by atoms with E-state index in [4.69, 9.17) is 5.26 Å². The zero-order chi connectivity index (χ0) is 22.7. The number of fused-ring (bicyclic) bond motifs is 3. The SMILES string of the molecule is CCCCCCCc1ccc2c(ccc3c(F)c(-c4cc(F)c(C#N)c(F)c4)ccc32)c1. The lowest BCUT2D eigenvalue weighted by molar-refractivity contribution is 0.577. The smallest absolute Gasteiger partial charge is 0.144 e. The summed E-state index contributed by atoms with van der Waals surface area (Å²) in [5.74, 6) is -2.53. The minimum Gasteiger partial charge on any atom is -0.206 e. The third-order valence-corrected chi connectivity index (χ3v) is 6.05. The van der Waals surface area contributed by atoms with Crippen molar-refractivity contribution in [2.75, 3.05) is 0 Å². The van der Waals surface area contributed by atoms with Crippen molar-refractivity contribution < 1.29 is 13.2 Å². The maximum absolute atomic E-state index is 15.4. The van der Waals surface area contributed by atoms with E-state index < -0.39 is 23.0 Å².